The molecule has 1 aromatic carbocycles. The molecule has 1 atom stereocenters. The van der Waals surface area contributed by atoms with Crippen LogP contribution in [0.4, 0.5) is 0 Å². The van der Waals surface area contributed by atoms with Gasteiger partial charge in [-0.05, 0) is 18.6 Å². The van der Waals surface area contributed by atoms with E-state index in [1.807, 2.05) is 19.1 Å². The van der Waals surface area contributed by atoms with Crippen LogP contribution in [0.2, 0.25) is 0 Å². The van der Waals surface area contributed by atoms with Crippen LogP contribution in [0.3, 0.4) is 0 Å². The highest BCUT2D eigenvalue weighted by Crippen LogP contribution is 2.45. The molecule has 0 radical (unpaired) electrons. The van der Waals surface area contributed by atoms with Crippen LogP contribution in [0.5, 0.6) is 5.75 Å². The lowest BCUT2D eigenvalue weighted by molar-refractivity contribution is -0.128. The van der Waals surface area contributed by atoms with E-state index in [9.17, 15) is 14.7 Å². The second-order valence-electron chi connectivity index (χ2n) is 6.77. The van der Waals surface area contributed by atoms with Crippen LogP contribution in [-0.2, 0) is 19.2 Å². The maximum Gasteiger partial charge on any atom is 0.280 e. The highest BCUT2D eigenvalue weighted by atomic mass is 16.6. The zero-order valence-corrected chi connectivity index (χ0v) is 16.6. The quantitative estimate of drug-likeness (QED) is 0.357. The third-order valence-electron chi connectivity index (χ3n) is 4.88. The van der Waals surface area contributed by atoms with Gasteiger partial charge in [-0.1, -0.05) is 31.9 Å². The number of hydrogen-bond acceptors (Lipinski definition) is 6. The number of aromatic nitrogens is 1. The number of hydrogen-bond donors (Lipinski definition) is 3. The average molecular weight is 400 g/mol. The summed E-state index contributed by atoms with van der Waals surface area (Å²) in [5.74, 6) is -0.688. The molecule has 1 aliphatic rings. The Bertz CT molecular complexity index is 1000. The number of methoxy groups -OCH3 is 1. The number of carbonyl (C=O) groups is 1. The summed E-state index contributed by atoms with van der Waals surface area (Å²) in [6.45, 7) is 2.04. The topological polar surface area (TPSA) is 110 Å². The van der Waals surface area contributed by atoms with Gasteiger partial charge in [0.25, 0.3) is 5.91 Å². The van der Waals surface area contributed by atoms with Crippen molar-refractivity contribution in [2.45, 2.75) is 38.4 Å². The van der Waals surface area contributed by atoms with Gasteiger partial charge in [-0.2, -0.15) is 0 Å². The molecular formula is C21H24N2O6. The molecule has 8 nitrogen and oxygen atoms in total. The summed E-state index contributed by atoms with van der Waals surface area (Å²) in [5, 5.41) is 12.1. The number of hydroxylamine groups is 1. The number of H-pyrrole nitrogens is 1. The Morgan fingerprint density at radius 1 is 1.34 bits per heavy atom. The molecule has 1 amide bonds. The van der Waals surface area contributed by atoms with Crippen LogP contribution in [-0.4, -0.2) is 41.9 Å². The average Bonchev–Trinajstić information content (AvgIpc) is 3.26. The fourth-order valence-electron chi connectivity index (χ4n) is 3.58. The summed E-state index contributed by atoms with van der Waals surface area (Å²) in [4.78, 5) is 32.0. The minimum atomic E-state index is -1.85. The lowest BCUT2D eigenvalue weighted by atomic mass is 9.93. The Morgan fingerprint density at radius 2 is 2.14 bits per heavy atom. The van der Waals surface area contributed by atoms with Crippen molar-refractivity contribution in [2.24, 2.45) is 0 Å². The van der Waals surface area contributed by atoms with E-state index in [0.717, 1.165) is 18.2 Å². The summed E-state index contributed by atoms with van der Waals surface area (Å²) in [6.07, 6.45) is 2.65. The zero-order chi connectivity index (χ0) is 21.0. The van der Waals surface area contributed by atoms with Gasteiger partial charge in [-0.3, -0.25) is 9.63 Å². The first kappa shape index (κ1) is 20.7. The zero-order valence-electron chi connectivity index (χ0n) is 16.6. The van der Waals surface area contributed by atoms with Gasteiger partial charge in [-0.15, -0.1) is 0 Å². The molecule has 2 heterocycles. The van der Waals surface area contributed by atoms with Crippen molar-refractivity contribution in [3.63, 3.8) is 0 Å². The molecule has 0 spiro atoms. The van der Waals surface area contributed by atoms with Crippen LogP contribution in [0.15, 0.2) is 35.6 Å². The summed E-state index contributed by atoms with van der Waals surface area (Å²) in [5.41, 5.74) is 3.37. The number of amides is 1. The maximum atomic E-state index is 12.6. The van der Waals surface area contributed by atoms with Gasteiger partial charge in [0.15, 0.2) is 5.94 Å². The molecule has 1 aliphatic heterocycles. The standard InChI is InChI=1S/C21H24N2O6/c1-4-5-6-10-21(26)18(17(16(12-24)29-21)20(25)23-28-3)14-11-13-8-7-9-15(27-2)19(13)22-14/h7-9,11,22,26H,4-6,10H2,1-3H3,(H,23,25). The van der Waals surface area contributed by atoms with Crippen molar-refractivity contribution in [2.75, 3.05) is 14.2 Å². The number of nitrogens with one attached hydrogen (secondary N) is 2. The number of unbranched alkanes of at least 4 members (excludes halogenated alkanes) is 2. The summed E-state index contributed by atoms with van der Waals surface area (Å²) in [7, 11) is 2.83. The number of aromatic amines is 1. The number of fused-ring (bicyclic) bond motifs is 1. The Balaban J connectivity index is 2.22. The van der Waals surface area contributed by atoms with E-state index in [0.29, 0.717) is 23.4 Å². The molecule has 0 aliphatic carbocycles. The number of ether oxygens (including phenoxy) is 2. The maximum absolute atomic E-state index is 12.6. The molecule has 0 saturated carbocycles. The van der Waals surface area contributed by atoms with Crippen molar-refractivity contribution in [1.82, 2.24) is 10.5 Å². The molecule has 8 heteroatoms. The third-order valence-corrected chi connectivity index (χ3v) is 4.88. The van der Waals surface area contributed by atoms with Gasteiger partial charge < -0.3 is 19.6 Å². The van der Waals surface area contributed by atoms with E-state index in [-0.39, 0.29) is 23.3 Å². The lowest BCUT2D eigenvalue weighted by Gasteiger charge is -2.25. The first-order valence-corrected chi connectivity index (χ1v) is 9.40. The molecule has 1 aromatic heterocycles. The van der Waals surface area contributed by atoms with E-state index in [1.54, 1.807) is 25.2 Å². The predicted molar refractivity (Wildman–Crippen MR) is 106 cm³/mol. The summed E-state index contributed by atoms with van der Waals surface area (Å²) >= 11 is 0. The Hall–Kier alpha value is -3.06. The van der Waals surface area contributed by atoms with Crippen molar-refractivity contribution in [3.05, 3.63) is 41.3 Å². The monoisotopic (exact) mass is 400 g/mol. The predicted octanol–water partition coefficient (Wildman–Crippen LogP) is 2.62. The number of rotatable bonds is 8. The molecule has 2 aromatic rings. The molecule has 3 N–H and O–H groups in total. The highest BCUT2D eigenvalue weighted by molar-refractivity contribution is 6.09. The lowest BCUT2D eigenvalue weighted by Crippen LogP contribution is -2.30. The minimum absolute atomic E-state index is 0.119. The van der Waals surface area contributed by atoms with Crippen molar-refractivity contribution in [1.29, 1.82) is 0 Å². The largest absolute Gasteiger partial charge is 0.495 e. The van der Waals surface area contributed by atoms with Crippen LogP contribution < -0.4 is 10.2 Å². The molecule has 154 valence electrons. The minimum Gasteiger partial charge on any atom is -0.495 e. The number of para-hydroxylation sites is 1. The smallest absolute Gasteiger partial charge is 0.280 e. The van der Waals surface area contributed by atoms with Crippen molar-refractivity contribution in [3.8, 4) is 5.75 Å². The second-order valence-corrected chi connectivity index (χ2v) is 6.77. The summed E-state index contributed by atoms with van der Waals surface area (Å²) in [6, 6.07) is 7.27. The molecule has 29 heavy (non-hydrogen) atoms. The van der Waals surface area contributed by atoms with Gasteiger partial charge in [0.2, 0.25) is 11.5 Å². The molecule has 3 rings (SSSR count). The first-order valence-electron chi connectivity index (χ1n) is 9.40. The van der Waals surface area contributed by atoms with Gasteiger partial charge >= 0.3 is 0 Å². The Labute approximate surface area is 168 Å². The van der Waals surface area contributed by atoms with Crippen LogP contribution >= 0.6 is 0 Å². The molecular weight excluding hydrogens is 376 g/mol. The molecule has 0 bridgehead atoms. The SMILES string of the molecule is CCCCCC1(O)OC(=C=O)C(C(=O)NOC)=C1c1cc2cccc(OC)c2[nH]1. The molecule has 1 unspecified atom stereocenters. The van der Waals surface area contributed by atoms with E-state index >= 15 is 0 Å². The van der Waals surface area contributed by atoms with Gasteiger partial charge in [-0.25, -0.2) is 10.3 Å². The Kier molecular flexibility index (Phi) is 6.08. The highest BCUT2D eigenvalue weighted by Gasteiger charge is 2.48. The van der Waals surface area contributed by atoms with Crippen LogP contribution in [0.25, 0.3) is 16.5 Å². The number of benzene rings is 1. The fourth-order valence-corrected chi connectivity index (χ4v) is 3.58. The van der Waals surface area contributed by atoms with E-state index in [2.05, 4.69) is 10.5 Å². The summed E-state index contributed by atoms with van der Waals surface area (Å²) < 4.78 is 10.9. The first-order chi connectivity index (χ1) is 14.0. The third kappa shape index (κ3) is 3.78. The fraction of sp³-hybridized carbons (Fsp3) is 0.381. The van der Waals surface area contributed by atoms with Gasteiger partial charge in [0.05, 0.1) is 31.0 Å². The van der Waals surface area contributed by atoms with E-state index in [1.165, 1.54) is 7.11 Å². The Morgan fingerprint density at radius 3 is 2.79 bits per heavy atom. The van der Waals surface area contributed by atoms with Crippen LogP contribution in [0, 0.1) is 0 Å². The van der Waals surface area contributed by atoms with E-state index in [4.69, 9.17) is 14.3 Å². The molecule has 0 fully saturated rings. The normalized spacial score (nSPS) is 18.7. The van der Waals surface area contributed by atoms with Crippen molar-refractivity contribution >= 4 is 28.3 Å². The van der Waals surface area contributed by atoms with Gasteiger partial charge in [0, 0.05) is 11.8 Å². The number of aliphatic hydroxyl groups is 1. The van der Waals surface area contributed by atoms with E-state index < -0.39 is 11.7 Å². The second kappa shape index (κ2) is 8.53. The van der Waals surface area contributed by atoms with Gasteiger partial charge in [0.1, 0.15) is 11.3 Å². The molecule has 0 saturated heterocycles. The number of carbonyl (C=O) groups excluding carboxylic acids is 2. The van der Waals surface area contributed by atoms with Crippen molar-refractivity contribution < 1.29 is 29.0 Å². The van der Waals surface area contributed by atoms with Crippen LogP contribution in [0.1, 0.15) is 38.3 Å².